The van der Waals surface area contributed by atoms with Crippen LogP contribution in [0.4, 0.5) is 0 Å². The van der Waals surface area contributed by atoms with Crippen molar-refractivity contribution in [3.8, 4) is 0 Å². The number of benzene rings is 1. The van der Waals surface area contributed by atoms with Gasteiger partial charge in [-0.2, -0.15) is 0 Å². The third kappa shape index (κ3) is 2.27. The van der Waals surface area contributed by atoms with Gasteiger partial charge in [-0.3, -0.25) is 0 Å². The lowest BCUT2D eigenvalue weighted by molar-refractivity contribution is -0.239. The van der Waals surface area contributed by atoms with Gasteiger partial charge in [-0.1, -0.05) is 42.5 Å². The molecule has 17 heavy (non-hydrogen) atoms. The van der Waals surface area contributed by atoms with E-state index >= 15 is 0 Å². The fourth-order valence-electron chi connectivity index (χ4n) is 2.39. The minimum atomic E-state index is -0.384. The van der Waals surface area contributed by atoms with Gasteiger partial charge in [-0.25, -0.2) is 0 Å². The second-order valence-electron chi connectivity index (χ2n) is 4.60. The van der Waals surface area contributed by atoms with E-state index in [-0.39, 0.29) is 24.4 Å². The molecule has 1 aliphatic heterocycles. The zero-order chi connectivity index (χ0) is 11.7. The summed E-state index contributed by atoms with van der Waals surface area (Å²) >= 11 is 0. The normalized spacial score (nSPS) is 36.5. The number of fused-ring (bicyclic) bond motifs is 1. The first-order valence-electron chi connectivity index (χ1n) is 6.01. The van der Waals surface area contributed by atoms with Crippen LogP contribution < -0.4 is 0 Å². The minimum absolute atomic E-state index is 0.0638. The Balaban J connectivity index is 1.74. The summed E-state index contributed by atoms with van der Waals surface area (Å²) in [6, 6.07) is 9.93. The van der Waals surface area contributed by atoms with Crippen molar-refractivity contribution in [1.82, 2.24) is 0 Å². The monoisotopic (exact) mass is 232 g/mol. The van der Waals surface area contributed by atoms with E-state index in [0.29, 0.717) is 13.0 Å². The van der Waals surface area contributed by atoms with Crippen LogP contribution in [0.1, 0.15) is 18.3 Å². The Labute approximate surface area is 101 Å². The number of aliphatic hydroxyl groups excluding tert-OH is 1. The lowest BCUT2D eigenvalue weighted by atomic mass is 9.90. The van der Waals surface area contributed by atoms with E-state index in [4.69, 9.17) is 9.47 Å². The highest BCUT2D eigenvalue weighted by atomic mass is 16.7. The molecule has 0 aromatic heterocycles. The summed E-state index contributed by atoms with van der Waals surface area (Å²) < 4.78 is 11.6. The summed E-state index contributed by atoms with van der Waals surface area (Å²) in [5.74, 6) is 0.276. The van der Waals surface area contributed by atoms with Gasteiger partial charge in [0.25, 0.3) is 0 Å². The van der Waals surface area contributed by atoms with Gasteiger partial charge >= 0.3 is 0 Å². The molecule has 1 heterocycles. The van der Waals surface area contributed by atoms with Gasteiger partial charge in [0.1, 0.15) is 0 Å². The Hall–Kier alpha value is -1.16. The number of rotatable bonds is 1. The first kappa shape index (κ1) is 11.0. The lowest BCUT2D eigenvalue weighted by Crippen LogP contribution is -2.39. The third-order valence-electron chi connectivity index (χ3n) is 3.34. The fourth-order valence-corrected chi connectivity index (χ4v) is 2.39. The molecular weight excluding hydrogens is 216 g/mol. The minimum Gasteiger partial charge on any atom is -0.389 e. The van der Waals surface area contributed by atoms with Gasteiger partial charge in [-0.15, -0.1) is 0 Å². The maximum Gasteiger partial charge on any atom is 0.184 e. The third-order valence-corrected chi connectivity index (χ3v) is 3.34. The molecule has 0 saturated carbocycles. The number of ether oxygens (including phenoxy) is 2. The topological polar surface area (TPSA) is 38.7 Å². The van der Waals surface area contributed by atoms with Crippen molar-refractivity contribution in [3.05, 3.63) is 48.0 Å². The van der Waals surface area contributed by atoms with Crippen LogP contribution in [0, 0.1) is 5.92 Å². The van der Waals surface area contributed by atoms with Gasteiger partial charge in [0.15, 0.2) is 6.29 Å². The van der Waals surface area contributed by atoms with Crippen molar-refractivity contribution in [2.24, 2.45) is 5.92 Å². The second-order valence-corrected chi connectivity index (χ2v) is 4.60. The largest absolute Gasteiger partial charge is 0.389 e. The van der Waals surface area contributed by atoms with Gasteiger partial charge in [0.2, 0.25) is 0 Å². The fraction of sp³-hybridized carbons (Fsp3) is 0.429. The van der Waals surface area contributed by atoms with Crippen molar-refractivity contribution in [2.75, 3.05) is 6.61 Å². The Morgan fingerprint density at radius 1 is 1.12 bits per heavy atom. The molecule has 2 aliphatic rings. The number of hydrogen-bond donors (Lipinski definition) is 1. The Morgan fingerprint density at radius 3 is 2.76 bits per heavy atom. The van der Waals surface area contributed by atoms with Crippen LogP contribution in [0.25, 0.3) is 0 Å². The average molecular weight is 232 g/mol. The van der Waals surface area contributed by atoms with E-state index in [1.807, 2.05) is 42.5 Å². The molecule has 1 fully saturated rings. The first-order chi connectivity index (χ1) is 8.33. The number of aliphatic hydroxyl groups is 1. The Morgan fingerprint density at radius 2 is 1.94 bits per heavy atom. The summed E-state index contributed by atoms with van der Waals surface area (Å²) in [5, 5.41) is 9.60. The highest BCUT2D eigenvalue weighted by molar-refractivity contribution is 5.17. The van der Waals surface area contributed by atoms with Crippen molar-refractivity contribution >= 4 is 0 Å². The smallest absolute Gasteiger partial charge is 0.184 e. The summed E-state index contributed by atoms with van der Waals surface area (Å²) in [7, 11) is 0. The second kappa shape index (κ2) is 4.61. The summed E-state index contributed by atoms with van der Waals surface area (Å²) in [4.78, 5) is 0. The molecule has 3 nitrogen and oxygen atoms in total. The molecule has 1 unspecified atom stereocenters. The molecule has 3 rings (SSSR count). The summed E-state index contributed by atoms with van der Waals surface area (Å²) in [5.41, 5.74) is 1.04. The lowest BCUT2D eigenvalue weighted by Gasteiger charge is -2.38. The van der Waals surface area contributed by atoms with Crippen molar-refractivity contribution < 1.29 is 14.6 Å². The molecular formula is C14H16O3. The molecule has 1 aromatic rings. The van der Waals surface area contributed by atoms with E-state index in [2.05, 4.69) is 0 Å². The Kier molecular flexibility index (Phi) is 2.97. The van der Waals surface area contributed by atoms with Crippen LogP contribution in [0.15, 0.2) is 42.5 Å². The van der Waals surface area contributed by atoms with E-state index in [0.717, 1.165) is 5.56 Å². The van der Waals surface area contributed by atoms with Crippen molar-refractivity contribution in [1.29, 1.82) is 0 Å². The molecule has 1 saturated heterocycles. The van der Waals surface area contributed by atoms with Crippen LogP contribution in [0.3, 0.4) is 0 Å². The molecule has 3 heteroatoms. The van der Waals surface area contributed by atoms with Gasteiger partial charge in [-0.05, 0) is 0 Å². The van der Waals surface area contributed by atoms with E-state index in [1.54, 1.807) is 0 Å². The van der Waals surface area contributed by atoms with Crippen molar-refractivity contribution in [2.45, 2.75) is 24.9 Å². The molecule has 4 atom stereocenters. The quantitative estimate of drug-likeness (QED) is 0.753. The predicted molar refractivity (Wildman–Crippen MR) is 63.3 cm³/mol. The maximum absolute atomic E-state index is 9.60. The van der Waals surface area contributed by atoms with Gasteiger partial charge < -0.3 is 14.6 Å². The average Bonchev–Trinajstić information content (AvgIpc) is 2.39. The molecule has 1 aliphatic carbocycles. The highest BCUT2D eigenvalue weighted by Gasteiger charge is 2.34. The molecule has 1 aromatic carbocycles. The van der Waals surface area contributed by atoms with Crippen molar-refractivity contribution in [3.63, 3.8) is 0 Å². The SMILES string of the molecule is O[C@@H]1C=C[C@H]2COC(c3ccccc3)O[C@@H]2C1. The van der Waals surface area contributed by atoms with Crippen LogP contribution >= 0.6 is 0 Å². The van der Waals surface area contributed by atoms with Crippen LogP contribution in [-0.2, 0) is 9.47 Å². The summed E-state index contributed by atoms with van der Waals surface area (Å²) in [6.07, 6.45) is 3.88. The molecule has 0 amide bonds. The Bertz CT molecular complexity index is 401. The van der Waals surface area contributed by atoms with Gasteiger partial charge in [0.05, 0.1) is 18.8 Å². The molecule has 90 valence electrons. The van der Waals surface area contributed by atoms with E-state index in [1.165, 1.54) is 0 Å². The standard InChI is InChI=1S/C14H16O3/c15-12-7-6-11-9-16-14(17-13(11)8-12)10-4-2-1-3-5-10/h1-7,11-15H,8-9H2/t11-,12+,13+,14?/m0/s1. The molecule has 0 bridgehead atoms. The molecule has 0 radical (unpaired) electrons. The predicted octanol–water partition coefficient (Wildman–Crippen LogP) is 2.04. The van der Waals surface area contributed by atoms with E-state index in [9.17, 15) is 5.11 Å². The van der Waals surface area contributed by atoms with Crippen LogP contribution in [-0.4, -0.2) is 23.9 Å². The first-order valence-corrected chi connectivity index (χ1v) is 6.01. The maximum atomic E-state index is 9.60. The summed E-state index contributed by atoms with van der Waals surface area (Å²) in [6.45, 7) is 0.660. The van der Waals surface area contributed by atoms with Crippen LogP contribution in [0.5, 0.6) is 0 Å². The van der Waals surface area contributed by atoms with Crippen LogP contribution in [0.2, 0.25) is 0 Å². The highest BCUT2D eigenvalue weighted by Crippen LogP contribution is 2.33. The zero-order valence-electron chi connectivity index (χ0n) is 9.53. The van der Waals surface area contributed by atoms with E-state index < -0.39 is 0 Å². The molecule has 0 spiro atoms. The zero-order valence-corrected chi connectivity index (χ0v) is 9.53. The number of hydrogen-bond acceptors (Lipinski definition) is 3. The molecule has 1 N–H and O–H groups in total. The van der Waals surface area contributed by atoms with Gasteiger partial charge in [0, 0.05) is 17.9 Å².